The Hall–Kier alpha value is -1.41. The fraction of sp³-hybridized carbons (Fsp3) is 0.308. The number of aliphatic hydroxyl groups is 1. The molecule has 0 saturated heterocycles. The molecule has 2 rings (SSSR count). The standard InChI is InChI=1S/C13H16ClN3O3S/c1-17-7-5-11(16-17)4-6-15-21(19,20)12-2-3-13(14)10(8-12)9-18/h2-3,5,7-8,15,18H,4,6,9H2,1H3. The SMILES string of the molecule is Cn1ccc(CCNS(=O)(=O)c2ccc(Cl)c(CO)c2)n1. The van der Waals surface area contributed by atoms with E-state index >= 15 is 0 Å². The Balaban J connectivity index is 2.04. The molecule has 0 aliphatic heterocycles. The highest BCUT2D eigenvalue weighted by molar-refractivity contribution is 7.89. The topological polar surface area (TPSA) is 84.2 Å². The number of aliphatic hydroxyl groups excluding tert-OH is 1. The molecule has 8 heteroatoms. The fourth-order valence-corrected chi connectivity index (χ4v) is 3.09. The lowest BCUT2D eigenvalue weighted by atomic mass is 10.2. The van der Waals surface area contributed by atoms with Crippen LogP contribution in [0.5, 0.6) is 0 Å². The van der Waals surface area contributed by atoms with Crippen LogP contribution in [-0.4, -0.2) is 29.8 Å². The monoisotopic (exact) mass is 329 g/mol. The fourth-order valence-electron chi connectivity index (χ4n) is 1.83. The van der Waals surface area contributed by atoms with Crippen LogP contribution in [0, 0.1) is 0 Å². The van der Waals surface area contributed by atoms with Crippen LogP contribution in [-0.2, 0) is 30.1 Å². The van der Waals surface area contributed by atoms with E-state index in [0.29, 0.717) is 17.0 Å². The third-order valence-electron chi connectivity index (χ3n) is 2.94. The Morgan fingerprint density at radius 1 is 1.38 bits per heavy atom. The molecular weight excluding hydrogens is 314 g/mol. The number of nitrogens with one attached hydrogen (secondary N) is 1. The smallest absolute Gasteiger partial charge is 0.240 e. The molecule has 0 atom stereocenters. The number of aromatic nitrogens is 2. The van der Waals surface area contributed by atoms with Gasteiger partial charge in [0, 0.05) is 31.2 Å². The molecule has 0 fully saturated rings. The molecule has 1 aromatic heterocycles. The summed E-state index contributed by atoms with van der Waals surface area (Å²) < 4.78 is 28.5. The van der Waals surface area contributed by atoms with E-state index in [-0.39, 0.29) is 18.0 Å². The summed E-state index contributed by atoms with van der Waals surface area (Å²) in [4.78, 5) is 0.0805. The number of benzene rings is 1. The third kappa shape index (κ3) is 4.04. The summed E-state index contributed by atoms with van der Waals surface area (Å²) in [6.45, 7) is -0.0629. The van der Waals surface area contributed by atoms with Crippen molar-refractivity contribution in [3.05, 3.63) is 46.7 Å². The van der Waals surface area contributed by atoms with E-state index in [0.717, 1.165) is 5.69 Å². The van der Waals surface area contributed by atoms with Gasteiger partial charge in [0.25, 0.3) is 0 Å². The number of sulfonamides is 1. The molecule has 0 amide bonds. The number of nitrogens with zero attached hydrogens (tertiary/aromatic N) is 2. The van der Waals surface area contributed by atoms with Crippen LogP contribution in [0.3, 0.4) is 0 Å². The average Bonchev–Trinajstić information content (AvgIpc) is 2.84. The van der Waals surface area contributed by atoms with Crippen molar-refractivity contribution in [2.75, 3.05) is 6.54 Å². The number of rotatable bonds is 6. The molecule has 114 valence electrons. The summed E-state index contributed by atoms with van der Waals surface area (Å²) in [7, 11) is -1.82. The maximum Gasteiger partial charge on any atom is 0.240 e. The molecule has 0 radical (unpaired) electrons. The summed E-state index contributed by atoms with van der Waals surface area (Å²) in [6, 6.07) is 6.07. The molecule has 0 unspecified atom stereocenters. The Morgan fingerprint density at radius 3 is 2.76 bits per heavy atom. The van der Waals surface area contributed by atoms with E-state index in [2.05, 4.69) is 9.82 Å². The first-order valence-corrected chi connectivity index (χ1v) is 8.16. The van der Waals surface area contributed by atoms with Crippen molar-refractivity contribution in [1.29, 1.82) is 0 Å². The van der Waals surface area contributed by atoms with E-state index < -0.39 is 10.0 Å². The highest BCUT2D eigenvalue weighted by Gasteiger charge is 2.15. The minimum Gasteiger partial charge on any atom is -0.392 e. The first-order valence-electron chi connectivity index (χ1n) is 6.30. The number of hydrogen-bond donors (Lipinski definition) is 2. The predicted octanol–water partition coefficient (Wildman–Crippen LogP) is 1.09. The van der Waals surface area contributed by atoms with Gasteiger partial charge in [-0.25, -0.2) is 13.1 Å². The van der Waals surface area contributed by atoms with E-state index in [1.54, 1.807) is 17.9 Å². The lowest BCUT2D eigenvalue weighted by Gasteiger charge is -2.08. The van der Waals surface area contributed by atoms with Crippen molar-refractivity contribution in [1.82, 2.24) is 14.5 Å². The maximum atomic E-state index is 12.1. The lowest BCUT2D eigenvalue weighted by Crippen LogP contribution is -2.26. The molecule has 1 aromatic carbocycles. The first kappa shape index (κ1) is 16.0. The summed E-state index contributed by atoms with van der Waals surface area (Å²) >= 11 is 5.85. The van der Waals surface area contributed by atoms with Crippen molar-refractivity contribution < 1.29 is 13.5 Å². The first-order chi connectivity index (χ1) is 9.92. The second kappa shape index (κ2) is 6.57. The number of hydrogen-bond acceptors (Lipinski definition) is 4. The Morgan fingerprint density at radius 2 is 2.14 bits per heavy atom. The van der Waals surface area contributed by atoms with Gasteiger partial charge in [0.1, 0.15) is 0 Å². The Labute approximate surface area is 128 Å². The molecule has 0 aliphatic rings. The van der Waals surface area contributed by atoms with Gasteiger partial charge in [-0.3, -0.25) is 4.68 Å². The van der Waals surface area contributed by atoms with Crippen LogP contribution in [0.1, 0.15) is 11.3 Å². The predicted molar refractivity (Wildman–Crippen MR) is 79.5 cm³/mol. The van der Waals surface area contributed by atoms with Crippen molar-refractivity contribution in [2.45, 2.75) is 17.9 Å². The second-order valence-corrected chi connectivity index (χ2v) is 6.71. The van der Waals surface area contributed by atoms with Crippen LogP contribution < -0.4 is 4.72 Å². The van der Waals surface area contributed by atoms with Gasteiger partial charge in [-0.2, -0.15) is 5.10 Å². The van der Waals surface area contributed by atoms with Gasteiger partial charge in [-0.05, 0) is 29.8 Å². The van der Waals surface area contributed by atoms with Gasteiger partial charge in [0.15, 0.2) is 0 Å². The molecule has 0 bridgehead atoms. The minimum absolute atomic E-state index is 0.0805. The Bertz CT molecular complexity index is 728. The van der Waals surface area contributed by atoms with Crippen molar-refractivity contribution in [2.24, 2.45) is 7.05 Å². The summed E-state index contributed by atoms with van der Waals surface area (Å²) in [5, 5.41) is 13.6. The average molecular weight is 330 g/mol. The molecular formula is C13H16ClN3O3S. The number of halogens is 1. The number of aryl methyl sites for hydroxylation is 1. The van der Waals surface area contributed by atoms with E-state index in [9.17, 15) is 8.42 Å². The molecule has 21 heavy (non-hydrogen) atoms. The van der Waals surface area contributed by atoms with Crippen LogP contribution in [0.2, 0.25) is 5.02 Å². The molecule has 0 saturated carbocycles. The summed E-state index contributed by atoms with van der Waals surface area (Å²) in [5.74, 6) is 0. The largest absolute Gasteiger partial charge is 0.392 e. The van der Waals surface area contributed by atoms with E-state index in [1.807, 2.05) is 6.07 Å². The molecule has 2 aromatic rings. The van der Waals surface area contributed by atoms with Gasteiger partial charge in [0.05, 0.1) is 17.2 Å². The summed E-state index contributed by atoms with van der Waals surface area (Å²) in [6.07, 6.45) is 2.30. The van der Waals surface area contributed by atoms with Crippen molar-refractivity contribution >= 4 is 21.6 Å². The van der Waals surface area contributed by atoms with Crippen molar-refractivity contribution in [3.8, 4) is 0 Å². The van der Waals surface area contributed by atoms with Gasteiger partial charge in [-0.15, -0.1) is 0 Å². The quantitative estimate of drug-likeness (QED) is 0.830. The van der Waals surface area contributed by atoms with Gasteiger partial charge in [-0.1, -0.05) is 11.6 Å². The highest BCUT2D eigenvalue weighted by atomic mass is 35.5. The summed E-state index contributed by atoms with van der Waals surface area (Å²) in [5.41, 5.74) is 1.19. The highest BCUT2D eigenvalue weighted by Crippen LogP contribution is 2.20. The van der Waals surface area contributed by atoms with Gasteiger partial charge >= 0.3 is 0 Å². The molecule has 0 aliphatic carbocycles. The molecule has 0 spiro atoms. The lowest BCUT2D eigenvalue weighted by molar-refractivity contribution is 0.281. The molecule has 2 N–H and O–H groups in total. The zero-order valence-corrected chi connectivity index (χ0v) is 13.0. The van der Waals surface area contributed by atoms with Crippen molar-refractivity contribution in [3.63, 3.8) is 0 Å². The third-order valence-corrected chi connectivity index (χ3v) is 4.77. The van der Waals surface area contributed by atoms with Crippen LogP contribution in [0.25, 0.3) is 0 Å². The zero-order valence-electron chi connectivity index (χ0n) is 11.5. The van der Waals surface area contributed by atoms with Crippen LogP contribution in [0.15, 0.2) is 35.4 Å². The normalized spacial score (nSPS) is 11.8. The van der Waals surface area contributed by atoms with Gasteiger partial charge < -0.3 is 5.11 Å². The molecule has 1 heterocycles. The maximum absolute atomic E-state index is 12.1. The second-order valence-electron chi connectivity index (χ2n) is 4.54. The van der Waals surface area contributed by atoms with E-state index in [1.165, 1.54) is 18.2 Å². The Kier molecular flexibility index (Phi) is 5.00. The van der Waals surface area contributed by atoms with E-state index in [4.69, 9.17) is 16.7 Å². The zero-order chi connectivity index (χ0) is 15.5. The van der Waals surface area contributed by atoms with Crippen LogP contribution in [0.4, 0.5) is 0 Å². The van der Waals surface area contributed by atoms with Crippen LogP contribution >= 0.6 is 11.6 Å². The minimum atomic E-state index is -3.63. The molecule has 6 nitrogen and oxygen atoms in total. The van der Waals surface area contributed by atoms with Gasteiger partial charge in [0.2, 0.25) is 10.0 Å².